The van der Waals surface area contributed by atoms with E-state index in [1.54, 1.807) is 11.8 Å². The summed E-state index contributed by atoms with van der Waals surface area (Å²) in [7, 11) is 0. The van der Waals surface area contributed by atoms with Crippen molar-refractivity contribution in [3.63, 3.8) is 0 Å². The minimum atomic E-state index is -0.896. The van der Waals surface area contributed by atoms with Crippen molar-refractivity contribution in [2.75, 3.05) is 24.5 Å². The molecule has 8 nitrogen and oxygen atoms in total. The molecule has 3 heterocycles. The summed E-state index contributed by atoms with van der Waals surface area (Å²) < 4.78 is 0. The second-order valence-electron chi connectivity index (χ2n) is 8.06. The normalized spacial score (nSPS) is 20.0. The van der Waals surface area contributed by atoms with E-state index in [0.717, 1.165) is 65.1 Å². The van der Waals surface area contributed by atoms with Crippen LogP contribution in [0.1, 0.15) is 49.9 Å². The number of primary amides is 1. The van der Waals surface area contributed by atoms with Crippen LogP contribution in [0.3, 0.4) is 0 Å². The fourth-order valence-electron chi connectivity index (χ4n) is 4.36. The highest BCUT2D eigenvalue weighted by Crippen LogP contribution is 2.38. The molecule has 2 amide bonds. The van der Waals surface area contributed by atoms with Gasteiger partial charge in [0.05, 0.1) is 22.7 Å². The van der Waals surface area contributed by atoms with E-state index >= 15 is 0 Å². The Morgan fingerprint density at radius 3 is 2.73 bits per heavy atom. The van der Waals surface area contributed by atoms with Crippen molar-refractivity contribution in [2.45, 2.75) is 58.4 Å². The van der Waals surface area contributed by atoms with Crippen LogP contribution in [0.25, 0.3) is 10.6 Å². The third kappa shape index (κ3) is 3.45. The third-order valence-corrected chi connectivity index (χ3v) is 7.37. The van der Waals surface area contributed by atoms with Gasteiger partial charge in [-0.05, 0) is 52.0 Å². The van der Waals surface area contributed by atoms with E-state index in [4.69, 9.17) is 15.7 Å². The molecule has 1 saturated heterocycles. The van der Waals surface area contributed by atoms with Crippen molar-refractivity contribution in [2.24, 2.45) is 5.73 Å². The molecule has 0 spiro atoms. The number of hydrogen-bond acceptors (Lipinski definition) is 7. The molecule has 2 aliphatic rings. The van der Waals surface area contributed by atoms with Crippen LogP contribution < -0.4 is 10.6 Å². The quantitative estimate of drug-likeness (QED) is 0.754. The van der Waals surface area contributed by atoms with Gasteiger partial charge in [0.1, 0.15) is 10.5 Å². The van der Waals surface area contributed by atoms with Crippen LogP contribution in [-0.4, -0.2) is 56.8 Å². The number of nitrogens with two attached hydrogens (primary N) is 1. The summed E-state index contributed by atoms with van der Waals surface area (Å²) in [6.07, 6.45) is 5.18. The van der Waals surface area contributed by atoms with Crippen molar-refractivity contribution in [1.29, 1.82) is 0 Å². The minimum Gasteiger partial charge on any atom is -0.368 e. The maximum atomic E-state index is 13.0. The molecule has 1 aliphatic carbocycles. The standard InChI is InChI=1S/C21H28N6O2S/c1-4-26(5-2)20-23-12-13-7-8-14-18(17(13)25-20)30-15(24-14)11-16(28)27-10-6-9-21(27,3)19(22)29/h12H,4-11H2,1-3H3,(H2,22,29)/t21-/m0/s1. The van der Waals surface area contributed by atoms with Gasteiger partial charge in [-0.25, -0.2) is 15.0 Å². The first-order chi connectivity index (χ1) is 14.4. The summed E-state index contributed by atoms with van der Waals surface area (Å²) in [5.74, 6) is 0.194. The van der Waals surface area contributed by atoms with Crippen molar-refractivity contribution in [3.8, 4) is 10.6 Å². The van der Waals surface area contributed by atoms with E-state index in [0.29, 0.717) is 13.0 Å². The van der Waals surface area contributed by atoms with Gasteiger partial charge in [-0.15, -0.1) is 11.3 Å². The van der Waals surface area contributed by atoms with Gasteiger partial charge in [-0.1, -0.05) is 0 Å². The lowest BCUT2D eigenvalue weighted by Gasteiger charge is -2.32. The van der Waals surface area contributed by atoms with E-state index in [1.807, 2.05) is 6.20 Å². The highest BCUT2D eigenvalue weighted by molar-refractivity contribution is 7.15. The van der Waals surface area contributed by atoms with Gasteiger partial charge in [0.15, 0.2) is 0 Å². The number of amides is 2. The lowest BCUT2D eigenvalue weighted by atomic mass is 9.98. The molecule has 2 aromatic rings. The summed E-state index contributed by atoms with van der Waals surface area (Å²) in [6.45, 7) is 8.19. The predicted octanol–water partition coefficient (Wildman–Crippen LogP) is 1.95. The number of fused-ring (bicyclic) bond motifs is 3. The average molecular weight is 429 g/mol. The Bertz CT molecular complexity index is 986. The summed E-state index contributed by atoms with van der Waals surface area (Å²) in [5.41, 5.74) is 7.75. The number of thiazole rings is 1. The van der Waals surface area contributed by atoms with Crippen LogP contribution in [-0.2, 0) is 28.9 Å². The SMILES string of the molecule is CCN(CC)c1ncc2c(n1)-c1sc(CC(=O)N3CCC[C@@]3(C)C(N)=O)nc1CC2. The zero-order valence-electron chi connectivity index (χ0n) is 17.8. The van der Waals surface area contributed by atoms with E-state index < -0.39 is 11.4 Å². The zero-order valence-corrected chi connectivity index (χ0v) is 18.6. The Hall–Kier alpha value is -2.55. The van der Waals surface area contributed by atoms with Crippen molar-refractivity contribution in [3.05, 3.63) is 22.5 Å². The molecule has 0 aromatic carbocycles. The van der Waals surface area contributed by atoms with Gasteiger partial charge < -0.3 is 15.5 Å². The molecule has 2 aromatic heterocycles. The smallest absolute Gasteiger partial charge is 0.243 e. The Morgan fingerprint density at radius 2 is 2.03 bits per heavy atom. The molecule has 0 bridgehead atoms. The van der Waals surface area contributed by atoms with Gasteiger partial charge in [0.2, 0.25) is 17.8 Å². The van der Waals surface area contributed by atoms with Gasteiger partial charge in [-0.3, -0.25) is 9.59 Å². The fourth-order valence-corrected chi connectivity index (χ4v) is 5.49. The largest absolute Gasteiger partial charge is 0.368 e. The number of aromatic nitrogens is 3. The fraction of sp³-hybridized carbons (Fsp3) is 0.571. The maximum Gasteiger partial charge on any atom is 0.243 e. The Labute approximate surface area is 180 Å². The van der Waals surface area contributed by atoms with E-state index in [1.165, 1.54) is 11.3 Å². The Balaban J connectivity index is 1.60. The molecule has 0 saturated carbocycles. The number of carbonyl (C=O) groups excluding carboxylic acids is 2. The minimum absolute atomic E-state index is 0.0911. The monoisotopic (exact) mass is 428 g/mol. The Kier molecular flexibility index (Phi) is 5.48. The van der Waals surface area contributed by atoms with Crippen LogP contribution in [0.2, 0.25) is 0 Å². The van der Waals surface area contributed by atoms with Gasteiger partial charge >= 0.3 is 0 Å². The molecule has 160 valence electrons. The summed E-state index contributed by atoms with van der Waals surface area (Å²) in [6, 6.07) is 0. The van der Waals surface area contributed by atoms with E-state index in [2.05, 4.69) is 23.7 Å². The number of likely N-dealkylation sites (tertiary alicyclic amines) is 1. The lowest BCUT2D eigenvalue weighted by molar-refractivity contribution is -0.142. The van der Waals surface area contributed by atoms with Crippen LogP contribution in [0.15, 0.2) is 6.20 Å². The van der Waals surface area contributed by atoms with Crippen molar-refractivity contribution in [1.82, 2.24) is 19.9 Å². The number of rotatable bonds is 6. The Morgan fingerprint density at radius 1 is 1.27 bits per heavy atom. The van der Waals surface area contributed by atoms with Crippen LogP contribution in [0, 0.1) is 0 Å². The third-order valence-electron chi connectivity index (χ3n) is 6.26. The summed E-state index contributed by atoms with van der Waals surface area (Å²) >= 11 is 1.53. The van der Waals surface area contributed by atoms with Crippen molar-refractivity contribution >= 4 is 29.1 Å². The molecule has 1 atom stereocenters. The molecular formula is C21H28N6O2S. The highest BCUT2D eigenvalue weighted by Gasteiger charge is 2.44. The number of hydrogen-bond donors (Lipinski definition) is 1. The van der Waals surface area contributed by atoms with Gasteiger partial charge in [0.25, 0.3) is 0 Å². The summed E-state index contributed by atoms with van der Waals surface area (Å²) in [4.78, 5) is 43.8. The van der Waals surface area contributed by atoms with Crippen LogP contribution in [0.4, 0.5) is 5.95 Å². The molecular weight excluding hydrogens is 400 g/mol. The maximum absolute atomic E-state index is 13.0. The van der Waals surface area contributed by atoms with E-state index in [9.17, 15) is 9.59 Å². The molecule has 0 radical (unpaired) electrons. The molecule has 1 aliphatic heterocycles. The second-order valence-corrected chi connectivity index (χ2v) is 9.15. The zero-order chi connectivity index (χ0) is 21.5. The number of nitrogens with zero attached hydrogens (tertiary/aromatic N) is 5. The molecule has 4 rings (SSSR count). The molecule has 30 heavy (non-hydrogen) atoms. The van der Waals surface area contributed by atoms with E-state index in [-0.39, 0.29) is 12.3 Å². The number of carbonyl (C=O) groups is 2. The molecule has 0 unspecified atom stereocenters. The van der Waals surface area contributed by atoms with Gasteiger partial charge in [-0.2, -0.15) is 0 Å². The van der Waals surface area contributed by atoms with Crippen molar-refractivity contribution < 1.29 is 9.59 Å². The number of anilines is 1. The first kappa shape index (κ1) is 20.7. The topological polar surface area (TPSA) is 105 Å². The van der Waals surface area contributed by atoms with Crippen LogP contribution in [0.5, 0.6) is 0 Å². The number of aryl methyl sites for hydroxylation is 2. The average Bonchev–Trinajstić information content (AvgIpc) is 3.33. The first-order valence-corrected chi connectivity index (χ1v) is 11.4. The molecule has 9 heteroatoms. The van der Waals surface area contributed by atoms with Crippen LogP contribution >= 0.6 is 11.3 Å². The first-order valence-electron chi connectivity index (χ1n) is 10.6. The molecule has 1 fully saturated rings. The predicted molar refractivity (Wildman–Crippen MR) is 116 cm³/mol. The lowest BCUT2D eigenvalue weighted by Crippen LogP contribution is -2.54. The molecule has 2 N–H and O–H groups in total. The summed E-state index contributed by atoms with van der Waals surface area (Å²) in [5, 5.41) is 0.763. The van der Waals surface area contributed by atoms with Gasteiger partial charge in [0, 0.05) is 25.8 Å². The second kappa shape index (κ2) is 7.94. The highest BCUT2D eigenvalue weighted by atomic mass is 32.1.